The van der Waals surface area contributed by atoms with Gasteiger partial charge in [-0.1, -0.05) is 74.0 Å². The van der Waals surface area contributed by atoms with Crippen LogP contribution < -0.4 is 10.1 Å². The summed E-state index contributed by atoms with van der Waals surface area (Å²) < 4.78 is 18.1. The van der Waals surface area contributed by atoms with Crippen LogP contribution in [-0.4, -0.2) is 30.7 Å². The van der Waals surface area contributed by atoms with Gasteiger partial charge in [-0.15, -0.1) is 0 Å². The number of fused-ring (bicyclic) bond motifs is 5. The molecule has 7 rings (SSSR count). The van der Waals surface area contributed by atoms with E-state index < -0.39 is 5.97 Å². The minimum Gasteiger partial charge on any atom is -0.490 e. The van der Waals surface area contributed by atoms with Crippen LogP contribution in [0.2, 0.25) is 0 Å². The number of carbonyl (C=O) groups is 2. The van der Waals surface area contributed by atoms with Gasteiger partial charge in [-0.25, -0.2) is 4.79 Å². The lowest BCUT2D eigenvalue weighted by atomic mass is 9.47. The van der Waals surface area contributed by atoms with Crippen LogP contribution in [0.15, 0.2) is 89.3 Å². The Hall–Kier alpha value is -3.80. The molecule has 4 aliphatic carbocycles. The topological polar surface area (TPSA) is 73.9 Å². The molecule has 2 aromatic carbocycles. The van der Waals surface area contributed by atoms with Crippen molar-refractivity contribution in [2.45, 2.75) is 84.8 Å². The highest BCUT2D eigenvalue weighted by Crippen LogP contribution is 2.66. The predicted molar refractivity (Wildman–Crippen MR) is 174 cm³/mol. The van der Waals surface area contributed by atoms with Crippen LogP contribution in [0.3, 0.4) is 0 Å². The first-order chi connectivity index (χ1) is 21.7. The van der Waals surface area contributed by atoms with Gasteiger partial charge in [0.25, 0.3) is 0 Å². The van der Waals surface area contributed by atoms with E-state index in [0.29, 0.717) is 17.8 Å². The van der Waals surface area contributed by atoms with Gasteiger partial charge < -0.3 is 19.5 Å². The summed E-state index contributed by atoms with van der Waals surface area (Å²) in [6.45, 7) is 8.55. The van der Waals surface area contributed by atoms with Gasteiger partial charge >= 0.3 is 5.97 Å². The second-order valence-corrected chi connectivity index (χ2v) is 14.1. The molecule has 0 radical (unpaired) electrons. The van der Waals surface area contributed by atoms with Crippen molar-refractivity contribution in [2.75, 3.05) is 6.61 Å². The smallest absolute Gasteiger partial charge is 0.374 e. The van der Waals surface area contributed by atoms with Crippen molar-refractivity contribution >= 4 is 17.4 Å². The number of carbonyl (C=O) groups excluding carboxylic acids is 2. The molecule has 0 bridgehead atoms. The monoisotopic (exact) mass is 607 g/mol. The fourth-order valence-electron chi connectivity index (χ4n) is 9.57. The van der Waals surface area contributed by atoms with Gasteiger partial charge in [0, 0.05) is 24.5 Å². The first-order valence-corrected chi connectivity index (χ1v) is 16.8. The Balaban J connectivity index is 1.19. The Morgan fingerprint density at radius 3 is 2.36 bits per heavy atom. The summed E-state index contributed by atoms with van der Waals surface area (Å²) in [5, 5.41) is 3.30. The second kappa shape index (κ2) is 11.5. The van der Waals surface area contributed by atoms with E-state index in [1.165, 1.54) is 0 Å². The minimum absolute atomic E-state index is 0.0591. The molecule has 1 amide bonds. The Morgan fingerprint density at radius 2 is 1.64 bits per heavy atom. The van der Waals surface area contributed by atoms with E-state index >= 15 is 0 Å². The number of benzene rings is 2. The lowest BCUT2D eigenvalue weighted by molar-refractivity contribution is -0.144. The Bertz CT molecular complexity index is 1570. The number of nitrogens with one attached hydrogen (secondary N) is 1. The molecule has 2 saturated carbocycles. The first kappa shape index (κ1) is 29.9. The Morgan fingerprint density at radius 1 is 0.933 bits per heavy atom. The number of esters is 1. The zero-order chi connectivity index (χ0) is 31.3. The molecule has 1 N–H and O–H groups in total. The molecule has 2 fully saturated rings. The van der Waals surface area contributed by atoms with Crippen molar-refractivity contribution in [1.29, 1.82) is 0 Å². The molecule has 45 heavy (non-hydrogen) atoms. The van der Waals surface area contributed by atoms with Crippen LogP contribution in [-0.2, 0) is 19.1 Å². The third-order valence-electron chi connectivity index (χ3n) is 11.7. The molecular formula is C39H45NO5. The quantitative estimate of drug-likeness (QED) is 0.257. The number of amides is 1. The Kier molecular flexibility index (Phi) is 7.66. The number of ether oxygens (including phenoxy) is 3. The number of rotatable bonds is 7. The molecule has 1 unspecified atom stereocenters. The zero-order valence-electron chi connectivity index (χ0n) is 26.9. The van der Waals surface area contributed by atoms with Crippen LogP contribution in [0.5, 0.6) is 5.75 Å². The largest absolute Gasteiger partial charge is 0.490 e. The standard InChI is InChI=1S/C39H45NO5/c1-5-43-37(42)35-33(25-12-8-6-9-13-25)34(45-35)30-23-32-29-17-16-26-22-28(44-27-14-10-7-11-15-27)18-20-38(26,3)31(29)19-21-39(32,4)36(30)40-24(2)41/h6-16,28-29,31-32,34H,5,17-23H2,1-4H3,(H,40,41)/t28-,29+,31-,32-,34?,38-,39-/m0/s1. The SMILES string of the molecule is CCOC(=O)C1=C(c2ccccc2)C(C2=C(NC(C)=O)[C@@]3(C)CC[C@H]4[C@@H](CC=C5C[C@@H](Oc6ccccc6)CC[C@@]54C)[C@@H]3C2)O1. The van der Waals surface area contributed by atoms with Crippen LogP contribution in [0.25, 0.3) is 5.57 Å². The van der Waals surface area contributed by atoms with Gasteiger partial charge in [-0.3, -0.25) is 4.79 Å². The summed E-state index contributed by atoms with van der Waals surface area (Å²) in [5.41, 5.74) is 5.52. The van der Waals surface area contributed by atoms with Crippen molar-refractivity contribution in [3.63, 3.8) is 0 Å². The third kappa shape index (κ3) is 5.01. The van der Waals surface area contributed by atoms with Gasteiger partial charge in [0.1, 0.15) is 11.9 Å². The van der Waals surface area contributed by atoms with Gasteiger partial charge in [0.2, 0.25) is 11.7 Å². The fourth-order valence-corrected chi connectivity index (χ4v) is 9.57. The highest BCUT2D eigenvalue weighted by molar-refractivity contribution is 6.00. The maximum Gasteiger partial charge on any atom is 0.374 e. The van der Waals surface area contributed by atoms with Crippen LogP contribution in [0.1, 0.15) is 78.2 Å². The van der Waals surface area contributed by atoms with Crippen LogP contribution >= 0.6 is 0 Å². The van der Waals surface area contributed by atoms with Crippen molar-refractivity contribution in [3.8, 4) is 5.75 Å². The molecule has 2 aromatic rings. The van der Waals surface area contributed by atoms with Gasteiger partial charge in [-0.2, -0.15) is 0 Å². The van der Waals surface area contributed by atoms with Gasteiger partial charge in [0.15, 0.2) is 6.10 Å². The molecular weight excluding hydrogens is 562 g/mol. The first-order valence-electron chi connectivity index (χ1n) is 16.8. The van der Waals surface area contributed by atoms with E-state index in [9.17, 15) is 9.59 Å². The van der Waals surface area contributed by atoms with Crippen molar-refractivity contribution < 1.29 is 23.8 Å². The molecule has 1 aliphatic heterocycles. The summed E-state index contributed by atoms with van der Waals surface area (Å²) in [6.07, 6.45) is 9.62. The minimum atomic E-state index is -0.430. The maximum absolute atomic E-state index is 12.9. The molecule has 0 aromatic heterocycles. The summed E-state index contributed by atoms with van der Waals surface area (Å²) in [6, 6.07) is 20.2. The lowest BCUT2D eigenvalue weighted by Crippen LogP contribution is -2.51. The molecule has 6 heteroatoms. The predicted octanol–water partition coefficient (Wildman–Crippen LogP) is 7.77. The lowest BCUT2D eigenvalue weighted by Gasteiger charge is -2.57. The fraction of sp³-hybridized carbons (Fsp3) is 0.487. The number of allylic oxidation sites excluding steroid dienone is 2. The van der Waals surface area contributed by atoms with E-state index in [-0.39, 0.29) is 41.3 Å². The highest BCUT2D eigenvalue weighted by Gasteiger charge is 2.60. The molecule has 0 spiro atoms. The molecule has 0 saturated heterocycles. The molecule has 7 atom stereocenters. The number of para-hydroxylation sites is 1. The van der Waals surface area contributed by atoms with E-state index in [1.807, 2.05) is 48.5 Å². The van der Waals surface area contributed by atoms with Gasteiger partial charge in [-0.05, 0) is 91.9 Å². The molecule has 6 nitrogen and oxygen atoms in total. The van der Waals surface area contributed by atoms with Crippen molar-refractivity contribution in [3.05, 3.63) is 94.9 Å². The van der Waals surface area contributed by atoms with E-state index in [2.05, 4.69) is 37.4 Å². The van der Waals surface area contributed by atoms with Crippen molar-refractivity contribution in [1.82, 2.24) is 5.32 Å². The molecule has 5 aliphatic rings. The summed E-state index contributed by atoms with van der Waals surface area (Å²) in [4.78, 5) is 25.6. The normalized spacial score (nSPS) is 33.5. The molecule has 1 heterocycles. The van der Waals surface area contributed by atoms with Crippen molar-refractivity contribution in [2.24, 2.45) is 28.6 Å². The summed E-state index contributed by atoms with van der Waals surface area (Å²) in [5.74, 6) is 2.24. The highest BCUT2D eigenvalue weighted by atomic mass is 16.6. The maximum atomic E-state index is 12.9. The van der Waals surface area contributed by atoms with E-state index in [4.69, 9.17) is 14.2 Å². The summed E-state index contributed by atoms with van der Waals surface area (Å²) in [7, 11) is 0. The van der Waals surface area contributed by atoms with E-state index in [0.717, 1.165) is 73.1 Å². The average Bonchev–Trinajstić information content (AvgIpc) is 3.29. The summed E-state index contributed by atoms with van der Waals surface area (Å²) >= 11 is 0. The number of hydrogen-bond donors (Lipinski definition) is 1. The van der Waals surface area contributed by atoms with E-state index in [1.54, 1.807) is 19.4 Å². The van der Waals surface area contributed by atoms with Crippen LogP contribution in [0.4, 0.5) is 0 Å². The average molecular weight is 608 g/mol. The number of hydrogen-bond acceptors (Lipinski definition) is 5. The third-order valence-corrected chi connectivity index (χ3v) is 11.7. The zero-order valence-corrected chi connectivity index (χ0v) is 26.9. The van der Waals surface area contributed by atoms with Crippen LogP contribution in [0, 0.1) is 28.6 Å². The Labute approximate surface area is 266 Å². The second-order valence-electron chi connectivity index (χ2n) is 14.1. The molecule has 236 valence electrons. The van der Waals surface area contributed by atoms with Gasteiger partial charge in [0.05, 0.1) is 12.2 Å².